The molecule has 160 valence electrons. The van der Waals surface area contributed by atoms with Gasteiger partial charge in [-0.25, -0.2) is 0 Å². The summed E-state index contributed by atoms with van der Waals surface area (Å²) < 4.78 is 5.93. The lowest BCUT2D eigenvalue weighted by Crippen LogP contribution is -3.13. The van der Waals surface area contributed by atoms with Crippen molar-refractivity contribution in [2.24, 2.45) is 5.10 Å². The zero-order valence-corrected chi connectivity index (χ0v) is 18.6. The Balaban J connectivity index is 1.27. The summed E-state index contributed by atoms with van der Waals surface area (Å²) in [5.41, 5.74) is 6.44. The van der Waals surface area contributed by atoms with Gasteiger partial charge in [-0.05, 0) is 42.7 Å². The first-order chi connectivity index (χ1) is 15.2. The number of rotatable bonds is 7. The predicted octanol–water partition coefficient (Wildman–Crippen LogP) is 3.62. The molecule has 0 saturated carbocycles. The van der Waals surface area contributed by atoms with Gasteiger partial charge in [0.15, 0.2) is 0 Å². The number of nitrogens with zero attached hydrogens (tertiary/aromatic N) is 2. The minimum atomic E-state index is 0.576. The van der Waals surface area contributed by atoms with Gasteiger partial charge in [0, 0.05) is 5.56 Å². The number of hydrogen-bond acceptors (Lipinski definition) is 3. The second-order valence-corrected chi connectivity index (χ2v) is 8.40. The van der Waals surface area contributed by atoms with E-state index in [-0.39, 0.29) is 0 Å². The smallest absolute Gasteiger partial charge is 0.120 e. The molecule has 4 rings (SSSR count). The van der Waals surface area contributed by atoms with Gasteiger partial charge in [0.25, 0.3) is 0 Å². The Kier molecular flexibility index (Phi) is 7.00. The van der Waals surface area contributed by atoms with Crippen molar-refractivity contribution in [2.45, 2.75) is 27.0 Å². The summed E-state index contributed by atoms with van der Waals surface area (Å²) in [6, 6.07) is 25.2. The van der Waals surface area contributed by atoms with E-state index in [9.17, 15) is 0 Å². The maximum absolute atomic E-state index is 5.93. The van der Waals surface area contributed by atoms with Gasteiger partial charge >= 0.3 is 0 Å². The fraction of sp³-hybridized carbons (Fsp3) is 0.296. The summed E-state index contributed by atoms with van der Waals surface area (Å²) in [7, 11) is 0. The third kappa shape index (κ3) is 6.19. The van der Waals surface area contributed by atoms with Crippen LogP contribution >= 0.6 is 0 Å². The highest BCUT2D eigenvalue weighted by Gasteiger charge is 2.19. The molecule has 1 heterocycles. The highest BCUT2D eigenvalue weighted by Crippen LogP contribution is 2.14. The van der Waals surface area contributed by atoms with Crippen LogP contribution < -0.4 is 9.64 Å². The van der Waals surface area contributed by atoms with Gasteiger partial charge in [-0.3, -0.25) is 5.01 Å². The molecule has 31 heavy (non-hydrogen) atoms. The molecule has 0 atom stereocenters. The minimum Gasteiger partial charge on any atom is -0.489 e. The quantitative estimate of drug-likeness (QED) is 0.599. The molecule has 1 N–H and O–H groups in total. The number of quaternary nitrogens is 1. The average molecular weight is 415 g/mol. The molecule has 0 bridgehead atoms. The van der Waals surface area contributed by atoms with Crippen molar-refractivity contribution >= 4 is 6.21 Å². The van der Waals surface area contributed by atoms with Crippen molar-refractivity contribution < 1.29 is 9.64 Å². The lowest BCUT2D eigenvalue weighted by molar-refractivity contribution is -0.918. The summed E-state index contributed by atoms with van der Waals surface area (Å²) in [5.74, 6) is 0.871. The second-order valence-electron chi connectivity index (χ2n) is 8.40. The van der Waals surface area contributed by atoms with Crippen molar-refractivity contribution in [3.8, 4) is 5.75 Å². The van der Waals surface area contributed by atoms with Crippen LogP contribution in [0, 0.1) is 13.8 Å². The Morgan fingerprint density at radius 1 is 0.935 bits per heavy atom. The van der Waals surface area contributed by atoms with Crippen molar-refractivity contribution in [2.75, 3.05) is 26.2 Å². The van der Waals surface area contributed by atoms with Crippen LogP contribution in [0.4, 0.5) is 0 Å². The van der Waals surface area contributed by atoms with Crippen LogP contribution in [0.1, 0.15) is 27.8 Å². The lowest BCUT2D eigenvalue weighted by Gasteiger charge is -2.30. The molecule has 1 aliphatic heterocycles. The van der Waals surface area contributed by atoms with Gasteiger partial charge in [0.1, 0.15) is 18.9 Å². The molecular weight excluding hydrogens is 382 g/mol. The number of aryl methyl sites for hydroxylation is 2. The van der Waals surface area contributed by atoms with E-state index in [1.807, 2.05) is 42.6 Å². The number of benzene rings is 3. The zero-order chi connectivity index (χ0) is 21.5. The normalized spacial score (nSPS) is 14.8. The highest BCUT2D eigenvalue weighted by molar-refractivity contribution is 5.79. The topological polar surface area (TPSA) is 29.3 Å². The molecule has 3 aromatic rings. The summed E-state index contributed by atoms with van der Waals surface area (Å²) in [5, 5.41) is 6.91. The Bertz CT molecular complexity index is 1010. The molecule has 0 aromatic heterocycles. The van der Waals surface area contributed by atoms with E-state index in [4.69, 9.17) is 9.84 Å². The Labute approximate surface area is 185 Å². The Hall–Kier alpha value is -3.11. The summed E-state index contributed by atoms with van der Waals surface area (Å²) in [4.78, 5) is 1.63. The van der Waals surface area contributed by atoms with Gasteiger partial charge in [0.2, 0.25) is 0 Å². The number of piperazine rings is 1. The third-order valence-corrected chi connectivity index (χ3v) is 5.86. The molecule has 4 heteroatoms. The standard InChI is InChI=1S/C27H31N3O/c1-22-11-12-26(23(2)17-22)20-29-13-15-30(16-14-29)28-19-25-9-6-10-27(18-25)31-21-24-7-4-3-5-8-24/h3-12,17-19H,13-16,20-21H2,1-2H3/p+1/b28-19-. The average Bonchev–Trinajstić information content (AvgIpc) is 2.80. The van der Waals surface area contributed by atoms with Crippen LogP contribution in [0.3, 0.4) is 0 Å². The van der Waals surface area contributed by atoms with Crippen LogP contribution in [-0.4, -0.2) is 37.4 Å². The monoisotopic (exact) mass is 414 g/mol. The van der Waals surface area contributed by atoms with Crippen LogP contribution in [0.2, 0.25) is 0 Å². The van der Waals surface area contributed by atoms with Crippen molar-refractivity contribution in [1.82, 2.24) is 5.01 Å². The third-order valence-electron chi connectivity index (χ3n) is 5.86. The molecule has 3 aromatic carbocycles. The van der Waals surface area contributed by atoms with E-state index in [0.29, 0.717) is 6.61 Å². The van der Waals surface area contributed by atoms with E-state index < -0.39 is 0 Å². The largest absolute Gasteiger partial charge is 0.489 e. The molecular formula is C27H32N3O+. The maximum Gasteiger partial charge on any atom is 0.120 e. The van der Waals surface area contributed by atoms with E-state index in [2.05, 4.69) is 55.3 Å². The fourth-order valence-electron chi connectivity index (χ4n) is 3.99. The zero-order valence-electron chi connectivity index (χ0n) is 18.6. The molecule has 1 saturated heterocycles. The molecule has 0 radical (unpaired) electrons. The van der Waals surface area contributed by atoms with Crippen LogP contribution in [-0.2, 0) is 13.2 Å². The van der Waals surface area contributed by atoms with Crippen molar-refractivity contribution in [3.63, 3.8) is 0 Å². The first kappa shape index (κ1) is 21.1. The number of ether oxygens (including phenoxy) is 1. The molecule has 4 nitrogen and oxygen atoms in total. The van der Waals surface area contributed by atoms with Crippen LogP contribution in [0.5, 0.6) is 5.75 Å². The van der Waals surface area contributed by atoms with Gasteiger partial charge in [-0.2, -0.15) is 5.10 Å². The SMILES string of the molecule is Cc1ccc(C[NH+]2CCN(/N=C\c3cccc(OCc4ccccc4)c3)CC2)c(C)c1. The number of hydrogen-bond donors (Lipinski definition) is 1. The lowest BCUT2D eigenvalue weighted by atomic mass is 10.1. The van der Waals surface area contributed by atoms with Crippen molar-refractivity contribution in [3.05, 3.63) is 101 Å². The van der Waals surface area contributed by atoms with Crippen LogP contribution in [0.25, 0.3) is 0 Å². The van der Waals surface area contributed by atoms with E-state index >= 15 is 0 Å². The van der Waals surface area contributed by atoms with Gasteiger partial charge in [-0.15, -0.1) is 0 Å². The fourth-order valence-corrected chi connectivity index (χ4v) is 3.99. The molecule has 0 amide bonds. The van der Waals surface area contributed by atoms with E-state index in [0.717, 1.165) is 44.0 Å². The number of hydrazone groups is 1. The van der Waals surface area contributed by atoms with Gasteiger partial charge in [0.05, 0.1) is 32.4 Å². The molecule has 0 spiro atoms. The Morgan fingerprint density at radius 2 is 1.74 bits per heavy atom. The summed E-state index contributed by atoms with van der Waals surface area (Å²) in [6.45, 7) is 10.3. The van der Waals surface area contributed by atoms with Gasteiger partial charge < -0.3 is 9.64 Å². The second kappa shape index (κ2) is 10.3. The molecule has 1 fully saturated rings. The molecule has 0 unspecified atom stereocenters. The number of nitrogens with one attached hydrogen (secondary N) is 1. The van der Waals surface area contributed by atoms with E-state index in [1.165, 1.54) is 22.3 Å². The maximum atomic E-state index is 5.93. The van der Waals surface area contributed by atoms with Crippen molar-refractivity contribution in [1.29, 1.82) is 0 Å². The van der Waals surface area contributed by atoms with Crippen LogP contribution in [0.15, 0.2) is 77.9 Å². The minimum absolute atomic E-state index is 0.576. The predicted molar refractivity (Wildman–Crippen MR) is 127 cm³/mol. The first-order valence-electron chi connectivity index (χ1n) is 11.1. The highest BCUT2D eigenvalue weighted by atomic mass is 16.5. The molecule has 1 aliphatic rings. The van der Waals surface area contributed by atoms with E-state index in [1.54, 1.807) is 4.90 Å². The Morgan fingerprint density at radius 3 is 2.52 bits per heavy atom. The first-order valence-corrected chi connectivity index (χ1v) is 11.1. The summed E-state index contributed by atoms with van der Waals surface area (Å²) >= 11 is 0. The summed E-state index contributed by atoms with van der Waals surface area (Å²) in [6.07, 6.45) is 1.95. The molecule has 0 aliphatic carbocycles. The van der Waals surface area contributed by atoms with Gasteiger partial charge in [-0.1, -0.05) is 66.2 Å².